The predicted molar refractivity (Wildman–Crippen MR) is 100 cm³/mol. The summed E-state index contributed by atoms with van der Waals surface area (Å²) in [5, 5.41) is 15.0. The average molecular weight is 354 g/mol. The summed E-state index contributed by atoms with van der Waals surface area (Å²) in [6.07, 6.45) is 3.12. The number of carbonyl (C=O) groups is 1. The highest BCUT2D eigenvalue weighted by molar-refractivity contribution is 7.07. The summed E-state index contributed by atoms with van der Waals surface area (Å²) >= 11 is 1.11. The summed E-state index contributed by atoms with van der Waals surface area (Å²) in [5.74, 6) is -0.520. The normalized spacial score (nSPS) is 12.2. The molecule has 0 saturated carbocycles. The minimum atomic E-state index is -0.520. The highest BCUT2D eigenvalue weighted by Crippen LogP contribution is 2.04. The molecule has 1 heterocycles. The first kappa shape index (κ1) is 18.2. The van der Waals surface area contributed by atoms with E-state index in [1.165, 1.54) is 10.6 Å². The monoisotopic (exact) mass is 354 g/mol. The maximum atomic E-state index is 12.5. The van der Waals surface area contributed by atoms with Crippen molar-refractivity contribution in [2.24, 2.45) is 0 Å². The van der Waals surface area contributed by atoms with E-state index in [0.717, 1.165) is 17.0 Å². The summed E-state index contributed by atoms with van der Waals surface area (Å²) in [7, 11) is 0. The second-order valence-electron chi connectivity index (χ2n) is 4.96. The molecule has 0 fully saturated rings. The largest absolute Gasteiger partial charge is 0.360 e. The fraction of sp³-hybridized carbons (Fsp3) is 0.167. The van der Waals surface area contributed by atoms with Crippen LogP contribution in [0.5, 0.6) is 0 Å². The average Bonchev–Trinajstić information content (AvgIpc) is 2.95. The Labute approximate surface area is 149 Å². The van der Waals surface area contributed by atoms with Crippen molar-refractivity contribution in [2.45, 2.75) is 13.5 Å². The van der Waals surface area contributed by atoms with Gasteiger partial charge in [0, 0.05) is 25.0 Å². The van der Waals surface area contributed by atoms with Crippen molar-refractivity contribution in [3.8, 4) is 6.07 Å². The van der Waals surface area contributed by atoms with Crippen LogP contribution in [-0.2, 0) is 11.3 Å². The lowest BCUT2D eigenvalue weighted by Gasteiger charge is -2.01. The van der Waals surface area contributed by atoms with Crippen LogP contribution in [0.3, 0.4) is 0 Å². The van der Waals surface area contributed by atoms with Crippen LogP contribution >= 0.6 is 11.3 Å². The number of thiazole rings is 1. The van der Waals surface area contributed by atoms with Gasteiger partial charge in [-0.1, -0.05) is 24.3 Å². The highest BCUT2D eigenvalue weighted by Gasteiger charge is 2.14. The van der Waals surface area contributed by atoms with E-state index >= 15 is 0 Å². The lowest BCUT2D eigenvalue weighted by Crippen LogP contribution is -2.34. The number of rotatable bonds is 6. The molecule has 25 heavy (non-hydrogen) atoms. The van der Waals surface area contributed by atoms with Crippen LogP contribution in [0.25, 0.3) is 11.8 Å². The van der Waals surface area contributed by atoms with Crippen molar-refractivity contribution in [2.75, 3.05) is 11.9 Å². The molecule has 0 unspecified atom stereocenters. The van der Waals surface area contributed by atoms with Crippen molar-refractivity contribution < 1.29 is 4.79 Å². The summed E-state index contributed by atoms with van der Waals surface area (Å²) in [6.45, 7) is 5.93. The Kier molecular flexibility index (Phi) is 6.32. The molecule has 2 N–H and O–H groups in total. The van der Waals surface area contributed by atoms with E-state index in [1.807, 2.05) is 36.4 Å². The Hall–Kier alpha value is -3.11. The van der Waals surface area contributed by atoms with Crippen molar-refractivity contribution in [3.05, 3.63) is 62.5 Å². The van der Waals surface area contributed by atoms with Gasteiger partial charge in [0.15, 0.2) is 5.57 Å². The third-order valence-corrected chi connectivity index (χ3v) is 4.46. The van der Waals surface area contributed by atoms with Crippen LogP contribution in [0.15, 0.2) is 47.8 Å². The van der Waals surface area contributed by atoms with Gasteiger partial charge in [-0.2, -0.15) is 5.26 Å². The van der Waals surface area contributed by atoms with Crippen LogP contribution in [-0.4, -0.2) is 17.0 Å². The van der Waals surface area contributed by atoms with Crippen LogP contribution in [0.4, 0.5) is 5.69 Å². The van der Waals surface area contributed by atoms with Crippen LogP contribution in [0.2, 0.25) is 0 Å². The molecule has 0 radical (unpaired) electrons. The number of carbonyl (C=O) groups excluding carboxylic acids is 1. The first-order valence-corrected chi connectivity index (χ1v) is 8.49. The zero-order chi connectivity index (χ0) is 18.2. The topological polar surface area (TPSA) is 86.9 Å². The number of anilines is 1. The molecule has 0 spiro atoms. The van der Waals surface area contributed by atoms with Gasteiger partial charge in [-0.25, -0.2) is 0 Å². The summed E-state index contributed by atoms with van der Waals surface area (Å²) in [5.41, 5.74) is 0.522. The van der Waals surface area contributed by atoms with Gasteiger partial charge in [0.05, 0.1) is 0 Å². The van der Waals surface area contributed by atoms with Crippen molar-refractivity contribution >= 4 is 34.7 Å². The zero-order valence-electron chi connectivity index (χ0n) is 13.8. The number of amides is 1. The Bertz CT molecular complexity index is 981. The zero-order valence-corrected chi connectivity index (χ0v) is 14.6. The van der Waals surface area contributed by atoms with Gasteiger partial charge in [-0.05, 0) is 19.1 Å². The molecule has 7 heteroatoms. The molecule has 0 aliphatic carbocycles. The van der Waals surface area contributed by atoms with E-state index in [-0.39, 0.29) is 17.7 Å². The fourth-order valence-electron chi connectivity index (χ4n) is 2.12. The third-order valence-electron chi connectivity index (χ3n) is 3.33. The molecule has 0 atom stereocenters. The van der Waals surface area contributed by atoms with Gasteiger partial charge in [0.1, 0.15) is 15.3 Å². The van der Waals surface area contributed by atoms with Gasteiger partial charge >= 0.3 is 0 Å². The SMILES string of the molecule is C=CCNC(=O)/C(C#N)=c1\s/c(=C/Nc2ccccc2)c(=O)n1CC. The number of hydrogen-bond acceptors (Lipinski definition) is 5. The first-order chi connectivity index (χ1) is 12.1. The van der Waals surface area contributed by atoms with Gasteiger partial charge in [0.25, 0.3) is 11.5 Å². The molecule has 6 nitrogen and oxygen atoms in total. The number of nitriles is 1. The molecule has 1 aromatic carbocycles. The number of nitrogens with one attached hydrogen (secondary N) is 2. The summed E-state index contributed by atoms with van der Waals surface area (Å²) < 4.78 is 2.19. The number of benzene rings is 1. The predicted octanol–water partition coefficient (Wildman–Crippen LogP) is 0.756. The quantitative estimate of drug-likeness (QED) is 0.750. The van der Waals surface area contributed by atoms with E-state index in [4.69, 9.17) is 0 Å². The van der Waals surface area contributed by atoms with E-state index in [0.29, 0.717) is 15.7 Å². The smallest absolute Gasteiger partial charge is 0.270 e. The van der Waals surface area contributed by atoms with Crippen LogP contribution in [0, 0.1) is 11.3 Å². The van der Waals surface area contributed by atoms with E-state index in [2.05, 4.69) is 17.2 Å². The number of para-hydroxylation sites is 1. The molecule has 0 bridgehead atoms. The summed E-state index contributed by atoms with van der Waals surface area (Å²) in [6, 6.07) is 11.3. The first-order valence-electron chi connectivity index (χ1n) is 7.67. The van der Waals surface area contributed by atoms with Crippen molar-refractivity contribution in [1.82, 2.24) is 9.88 Å². The maximum absolute atomic E-state index is 12.5. The van der Waals surface area contributed by atoms with E-state index in [1.54, 1.807) is 13.1 Å². The van der Waals surface area contributed by atoms with Crippen LogP contribution < -0.4 is 25.4 Å². The highest BCUT2D eigenvalue weighted by atomic mass is 32.1. The molecular formula is C18H18N4O2S. The van der Waals surface area contributed by atoms with Gasteiger partial charge in [-0.3, -0.25) is 14.2 Å². The minimum absolute atomic E-state index is 0.0786. The molecule has 0 aliphatic rings. The lowest BCUT2D eigenvalue weighted by atomic mass is 10.3. The van der Waals surface area contributed by atoms with Gasteiger partial charge < -0.3 is 10.6 Å². The second kappa shape index (κ2) is 8.66. The Balaban J connectivity index is 2.55. The Morgan fingerprint density at radius 2 is 2.12 bits per heavy atom. The van der Waals surface area contributed by atoms with Crippen LogP contribution in [0.1, 0.15) is 6.92 Å². The standard InChI is InChI=1S/C18H18N4O2S/c1-3-10-20-16(23)14(11-19)18-22(4-2)17(24)15(25-18)12-21-13-8-6-5-7-9-13/h3,5-9,12,21H,1,4,10H2,2H3,(H,20,23)/b15-12+,18-14-. The van der Waals surface area contributed by atoms with Crippen molar-refractivity contribution in [3.63, 3.8) is 0 Å². The van der Waals surface area contributed by atoms with E-state index in [9.17, 15) is 14.9 Å². The van der Waals surface area contributed by atoms with E-state index < -0.39 is 5.91 Å². The molecule has 0 saturated heterocycles. The molecule has 2 rings (SSSR count). The second-order valence-corrected chi connectivity index (χ2v) is 5.99. The molecular weight excluding hydrogens is 336 g/mol. The number of aromatic nitrogens is 1. The lowest BCUT2D eigenvalue weighted by molar-refractivity contribution is -0.115. The molecule has 1 aromatic heterocycles. The molecule has 128 valence electrons. The van der Waals surface area contributed by atoms with Gasteiger partial charge in [-0.15, -0.1) is 17.9 Å². The molecule has 2 aromatic rings. The third kappa shape index (κ3) is 4.25. The summed E-state index contributed by atoms with van der Waals surface area (Å²) in [4.78, 5) is 24.7. The number of nitrogens with zero attached hydrogens (tertiary/aromatic N) is 2. The van der Waals surface area contributed by atoms with Gasteiger partial charge in [0.2, 0.25) is 0 Å². The van der Waals surface area contributed by atoms with Crippen molar-refractivity contribution in [1.29, 1.82) is 5.26 Å². The molecule has 1 amide bonds. The Morgan fingerprint density at radius 1 is 1.40 bits per heavy atom. The molecule has 0 aliphatic heterocycles. The minimum Gasteiger partial charge on any atom is -0.360 e. The maximum Gasteiger partial charge on any atom is 0.270 e. The number of hydrogen-bond donors (Lipinski definition) is 2. The Morgan fingerprint density at radius 3 is 2.72 bits per heavy atom. The fourth-order valence-corrected chi connectivity index (χ4v) is 3.21.